The zero-order valence-electron chi connectivity index (χ0n) is 19.4. The van der Waals surface area contributed by atoms with Crippen LogP contribution in [0.25, 0.3) is 22.5 Å². The maximum atomic E-state index is 13.1. The van der Waals surface area contributed by atoms with E-state index in [9.17, 15) is 9.90 Å². The van der Waals surface area contributed by atoms with E-state index in [4.69, 9.17) is 0 Å². The lowest BCUT2D eigenvalue weighted by Gasteiger charge is -2.13. The summed E-state index contributed by atoms with van der Waals surface area (Å²) in [4.78, 5) is 13.1. The molecule has 0 bridgehead atoms. The second kappa shape index (κ2) is 8.73. The van der Waals surface area contributed by atoms with E-state index in [-0.39, 0.29) is 17.4 Å². The highest BCUT2D eigenvalue weighted by Crippen LogP contribution is 2.36. The fraction of sp³-hybridized carbons (Fsp3) is 0.154. The molecule has 0 spiro atoms. The Labute approximate surface area is 206 Å². The SMILES string of the molecule is CC1=NN(c2ccc3c(c2)CCC3)C(=O)/C1=N/Nc1cccc(-c2cccc(-c3nnn[nH]3)c2)c1O. The van der Waals surface area contributed by atoms with Gasteiger partial charge in [-0.3, -0.25) is 10.2 Å². The summed E-state index contributed by atoms with van der Waals surface area (Å²) < 4.78 is 0. The van der Waals surface area contributed by atoms with Crippen LogP contribution in [0.1, 0.15) is 24.5 Å². The lowest BCUT2D eigenvalue weighted by atomic mass is 10.0. The highest BCUT2D eigenvalue weighted by molar-refractivity contribution is 6.71. The number of aryl methyl sites for hydroxylation is 2. The Kier molecular flexibility index (Phi) is 5.25. The molecule has 0 radical (unpaired) electrons. The molecular formula is C26H22N8O2. The van der Waals surface area contributed by atoms with Gasteiger partial charge in [-0.25, -0.2) is 5.10 Å². The largest absolute Gasteiger partial charge is 0.505 e. The Bertz CT molecular complexity index is 1540. The van der Waals surface area contributed by atoms with E-state index in [0.717, 1.165) is 36.1 Å². The van der Waals surface area contributed by atoms with E-state index >= 15 is 0 Å². The highest BCUT2D eigenvalue weighted by atomic mass is 16.3. The molecule has 0 atom stereocenters. The Morgan fingerprint density at radius 2 is 1.86 bits per heavy atom. The number of fused-ring (bicyclic) bond motifs is 1. The number of aromatic hydroxyl groups is 1. The number of anilines is 2. The summed E-state index contributed by atoms with van der Waals surface area (Å²) >= 11 is 0. The Balaban J connectivity index is 1.25. The number of carbonyl (C=O) groups excluding carboxylic acids is 1. The molecule has 36 heavy (non-hydrogen) atoms. The molecule has 1 amide bonds. The molecule has 0 saturated carbocycles. The first kappa shape index (κ1) is 21.7. The van der Waals surface area contributed by atoms with Crippen LogP contribution < -0.4 is 10.4 Å². The summed E-state index contributed by atoms with van der Waals surface area (Å²) in [5, 5.41) is 35.0. The first-order chi connectivity index (χ1) is 17.6. The second-order valence-electron chi connectivity index (χ2n) is 8.71. The van der Waals surface area contributed by atoms with Gasteiger partial charge in [-0.2, -0.15) is 15.2 Å². The number of aromatic nitrogens is 4. The van der Waals surface area contributed by atoms with Gasteiger partial charge in [-0.05, 0) is 77.6 Å². The number of rotatable bonds is 5. The van der Waals surface area contributed by atoms with Crippen LogP contribution in [0.15, 0.2) is 70.9 Å². The van der Waals surface area contributed by atoms with Gasteiger partial charge < -0.3 is 5.11 Å². The van der Waals surface area contributed by atoms with Gasteiger partial charge >= 0.3 is 5.91 Å². The van der Waals surface area contributed by atoms with Crippen molar-refractivity contribution in [2.75, 3.05) is 10.4 Å². The first-order valence-corrected chi connectivity index (χ1v) is 11.6. The van der Waals surface area contributed by atoms with Crippen LogP contribution in [-0.2, 0) is 17.6 Å². The number of benzene rings is 3. The summed E-state index contributed by atoms with van der Waals surface area (Å²) in [6, 6.07) is 18.8. The normalized spacial score (nSPS) is 15.9. The van der Waals surface area contributed by atoms with Crippen LogP contribution in [0, 0.1) is 0 Å². The summed E-state index contributed by atoms with van der Waals surface area (Å²) in [5.74, 6) is 0.214. The van der Waals surface area contributed by atoms with Crippen molar-refractivity contribution in [3.63, 3.8) is 0 Å². The Hall–Kier alpha value is -4.86. The molecule has 1 aliphatic carbocycles. The Morgan fingerprint density at radius 3 is 2.72 bits per heavy atom. The number of tetrazole rings is 1. The molecule has 6 rings (SSSR count). The van der Waals surface area contributed by atoms with E-state index in [1.807, 2.05) is 36.4 Å². The summed E-state index contributed by atoms with van der Waals surface area (Å²) in [7, 11) is 0. The number of aromatic amines is 1. The molecule has 1 aliphatic heterocycles. The van der Waals surface area contributed by atoms with E-state index in [1.54, 1.807) is 25.1 Å². The van der Waals surface area contributed by atoms with Gasteiger partial charge in [0.2, 0.25) is 0 Å². The molecule has 0 fully saturated rings. The quantitative estimate of drug-likeness (QED) is 0.294. The number of hydrogen-bond acceptors (Lipinski definition) is 8. The van der Waals surface area contributed by atoms with Crippen molar-refractivity contribution in [1.82, 2.24) is 20.6 Å². The summed E-state index contributed by atoms with van der Waals surface area (Å²) in [6.45, 7) is 1.74. The standard InChI is InChI=1S/C26H22N8O2/c1-15-23(26(36)34(31-15)20-12-11-16-5-2-6-17(16)14-20)28-27-22-10-4-9-21(24(22)35)18-7-3-8-19(13-18)25-29-32-33-30-25/h3-4,7-14,27,35H,2,5-6H2,1H3,(H,29,30,32,33)/b28-23+. The molecule has 10 heteroatoms. The zero-order chi connectivity index (χ0) is 24.6. The number of phenolic OH excluding ortho intramolecular Hbond substituents is 1. The summed E-state index contributed by atoms with van der Waals surface area (Å²) in [6.07, 6.45) is 3.23. The van der Waals surface area contributed by atoms with Gasteiger partial charge in [-0.1, -0.05) is 36.4 Å². The minimum Gasteiger partial charge on any atom is -0.505 e. The van der Waals surface area contributed by atoms with E-state index in [1.165, 1.54) is 16.1 Å². The predicted octanol–water partition coefficient (Wildman–Crippen LogP) is 3.92. The molecule has 4 aromatic rings. The molecule has 1 aromatic heterocycles. The van der Waals surface area contributed by atoms with Crippen molar-refractivity contribution in [2.45, 2.75) is 26.2 Å². The second-order valence-corrected chi connectivity index (χ2v) is 8.71. The third kappa shape index (κ3) is 3.78. The van der Waals surface area contributed by atoms with Crippen LogP contribution in [-0.4, -0.2) is 43.1 Å². The minimum absolute atomic E-state index is 0.00482. The predicted molar refractivity (Wildman–Crippen MR) is 137 cm³/mol. The highest BCUT2D eigenvalue weighted by Gasteiger charge is 2.31. The molecule has 0 saturated heterocycles. The molecule has 2 aliphatic rings. The average molecular weight is 479 g/mol. The number of hydrogen-bond donors (Lipinski definition) is 3. The van der Waals surface area contributed by atoms with Gasteiger partial charge in [0, 0.05) is 11.1 Å². The maximum Gasteiger partial charge on any atom is 0.301 e. The molecule has 178 valence electrons. The van der Waals surface area contributed by atoms with Gasteiger partial charge in [0.1, 0.15) is 5.75 Å². The van der Waals surface area contributed by atoms with Crippen molar-refractivity contribution in [3.8, 4) is 28.3 Å². The topological polar surface area (TPSA) is 132 Å². The number of H-pyrrole nitrogens is 1. The van der Waals surface area contributed by atoms with Crippen LogP contribution in [0.4, 0.5) is 11.4 Å². The van der Waals surface area contributed by atoms with Crippen LogP contribution in [0.2, 0.25) is 0 Å². The molecule has 0 unspecified atom stereocenters. The molecule has 3 N–H and O–H groups in total. The lowest BCUT2D eigenvalue weighted by molar-refractivity contribution is -0.112. The fourth-order valence-corrected chi connectivity index (χ4v) is 4.59. The number of phenols is 1. The summed E-state index contributed by atoms with van der Waals surface area (Å²) in [5.41, 5.74) is 9.39. The van der Waals surface area contributed by atoms with Crippen molar-refractivity contribution < 1.29 is 9.90 Å². The van der Waals surface area contributed by atoms with Gasteiger partial charge in [0.15, 0.2) is 11.5 Å². The van der Waals surface area contributed by atoms with E-state index in [2.05, 4.69) is 42.3 Å². The average Bonchev–Trinajstić information content (AvgIpc) is 3.65. The van der Waals surface area contributed by atoms with Crippen molar-refractivity contribution >= 4 is 28.7 Å². The number of nitrogens with zero attached hydrogens (tertiary/aromatic N) is 6. The molecule has 3 aromatic carbocycles. The van der Waals surface area contributed by atoms with Crippen molar-refractivity contribution in [1.29, 1.82) is 0 Å². The third-order valence-electron chi connectivity index (χ3n) is 6.43. The first-order valence-electron chi connectivity index (χ1n) is 11.6. The monoisotopic (exact) mass is 478 g/mol. The number of hydrazone groups is 2. The number of amides is 1. The fourth-order valence-electron chi connectivity index (χ4n) is 4.59. The third-order valence-corrected chi connectivity index (χ3v) is 6.43. The van der Waals surface area contributed by atoms with Crippen molar-refractivity contribution in [3.05, 3.63) is 71.8 Å². The number of nitrogens with one attached hydrogen (secondary N) is 2. The smallest absolute Gasteiger partial charge is 0.301 e. The number of para-hydroxylation sites is 1. The van der Waals surface area contributed by atoms with Gasteiger partial charge in [-0.15, -0.1) is 5.10 Å². The Morgan fingerprint density at radius 1 is 1.03 bits per heavy atom. The maximum absolute atomic E-state index is 13.1. The van der Waals surface area contributed by atoms with Crippen molar-refractivity contribution in [2.24, 2.45) is 10.2 Å². The van der Waals surface area contributed by atoms with E-state index < -0.39 is 0 Å². The molecular weight excluding hydrogens is 456 g/mol. The number of carbonyl (C=O) groups is 1. The molecule has 2 heterocycles. The zero-order valence-corrected chi connectivity index (χ0v) is 19.4. The van der Waals surface area contributed by atoms with Crippen LogP contribution >= 0.6 is 0 Å². The molecule has 10 nitrogen and oxygen atoms in total. The van der Waals surface area contributed by atoms with Gasteiger partial charge in [0.05, 0.1) is 17.1 Å². The van der Waals surface area contributed by atoms with E-state index in [0.29, 0.717) is 22.8 Å². The van der Waals surface area contributed by atoms with Crippen LogP contribution in [0.5, 0.6) is 5.75 Å². The van der Waals surface area contributed by atoms with Gasteiger partial charge in [0.25, 0.3) is 0 Å². The lowest BCUT2D eigenvalue weighted by Crippen LogP contribution is -2.28. The van der Waals surface area contributed by atoms with Crippen LogP contribution in [0.3, 0.4) is 0 Å². The minimum atomic E-state index is -0.318.